The van der Waals surface area contributed by atoms with Crippen molar-refractivity contribution in [2.75, 3.05) is 6.54 Å². The molecule has 0 aliphatic rings. The lowest BCUT2D eigenvalue weighted by Gasteiger charge is -2.17. The Hall–Kier alpha value is -1.62. The lowest BCUT2D eigenvalue weighted by molar-refractivity contribution is 0.515. The van der Waals surface area contributed by atoms with Gasteiger partial charge in [0.05, 0.1) is 5.69 Å². The van der Waals surface area contributed by atoms with Crippen molar-refractivity contribution in [2.24, 2.45) is 0 Å². The van der Waals surface area contributed by atoms with Crippen LogP contribution in [-0.2, 0) is 6.54 Å². The van der Waals surface area contributed by atoms with Gasteiger partial charge in [0.15, 0.2) is 0 Å². The zero-order chi connectivity index (χ0) is 12.1. The van der Waals surface area contributed by atoms with Crippen LogP contribution in [0.25, 0.3) is 0 Å². The van der Waals surface area contributed by atoms with Crippen molar-refractivity contribution in [1.82, 2.24) is 25.1 Å². The van der Waals surface area contributed by atoms with Crippen LogP contribution in [0.15, 0.2) is 24.7 Å². The van der Waals surface area contributed by atoms with Gasteiger partial charge in [0.25, 0.3) is 0 Å². The number of nitrogens with one attached hydrogen (secondary N) is 2. The smallest absolute Gasteiger partial charge is 0.129 e. The molecule has 0 saturated carbocycles. The summed E-state index contributed by atoms with van der Waals surface area (Å²) in [4.78, 5) is 7.51. The maximum atomic E-state index is 4.34. The number of nitrogens with zero attached hydrogens (tertiary/aromatic N) is 3. The van der Waals surface area contributed by atoms with Gasteiger partial charge in [-0.2, -0.15) is 5.10 Å². The molecule has 2 heterocycles. The number of aromatic nitrogens is 4. The molecule has 2 aromatic heterocycles. The fourth-order valence-corrected chi connectivity index (χ4v) is 1.92. The molecule has 0 fully saturated rings. The first-order valence-corrected chi connectivity index (χ1v) is 6.11. The Labute approximate surface area is 101 Å². The molecule has 0 radical (unpaired) electrons. The van der Waals surface area contributed by atoms with E-state index in [1.807, 2.05) is 23.1 Å². The maximum absolute atomic E-state index is 4.34. The molecule has 5 heteroatoms. The van der Waals surface area contributed by atoms with E-state index in [1.54, 1.807) is 6.20 Å². The van der Waals surface area contributed by atoms with Crippen molar-refractivity contribution < 1.29 is 0 Å². The Morgan fingerprint density at radius 2 is 2.29 bits per heavy atom. The van der Waals surface area contributed by atoms with Crippen molar-refractivity contribution in [3.8, 4) is 0 Å². The first-order chi connectivity index (χ1) is 8.36. The first kappa shape index (κ1) is 11.9. The number of hydrogen-bond acceptors (Lipinski definition) is 3. The average Bonchev–Trinajstić information content (AvgIpc) is 3.00. The number of aromatic amines is 1. The van der Waals surface area contributed by atoms with Crippen LogP contribution >= 0.6 is 0 Å². The van der Waals surface area contributed by atoms with Gasteiger partial charge in [-0.1, -0.05) is 6.92 Å². The van der Waals surface area contributed by atoms with Gasteiger partial charge in [-0.15, -0.1) is 0 Å². The SMILES string of the molecule is CCCNC(c1ncc[nH]1)c1ccnn1CC. The van der Waals surface area contributed by atoms with Crippen LogP contribution in [0.3, 0.4) is 0 Å². The summed E-state index contributed by atoms with van der Waals surface area (Å²) in [5.41, 5.74) is 1.15. The van der Waals surface area contributed by atoms with Crippen molar-refractivity contribution >= 4 is 0 Å². The number of aryl methyl sites for hydroxylation is 1. The Morgan fingerprint density at radius 3 is 2.94 bits per heavy atom. The Balaban J connectivity index is 2.27. The topological polar surface area (TPSA) is 58.5 Å². The molecular formula is C12H19N5. The molecule has 0 aromatic carbocycles. The zero-order valence-electron chi connectivity index (χ0n) is 10.3. The zero-order valence-corrected chi connectivity index (χ0v) is 10.3. The van der Waals surface area contributed by atoms with Crippen LogP contribution in [-0.4, -0.2) is 26.3 Å². The predicted octanol–water partition coefficient (Wildman–Crippen LogP) is 1.72. The molecule has 1 atom stereocenters. The highest BCUT2D eigenvalue weighted by atomic mass is 15.3. The molecule has 2 rings (SSSR count). The van der Waals surface area contributed by atoms with Crippen molar-refractivity contribution in [3.05, 3.63) is 36.2 Å². The first-order valence-electron chi connectivity index (χ1n) is 6.11. The number of H-pyrrole nitrogens is 1. The van der Waals surface area contributed by atoms with Crippen LogP contribution in [0.1, 0.15) is 37.8 Å². The Bertz CT molecular complexity index is 431. The second-order valence-corrected chi connectivity index (χ2v) is 3.93. The molecule has 0 amide bonds. The summed E-state index contributed by atoms with van der Waals surface area (Å²) in [5, 5.41) is 7.80. The second kappa shape index (κ2) is 5.63. The van der Waals surface area contributed by atoms with E-state index in [1.165, 1.54) is 0 Å². The third kappa shape index (κ3) is 2.55. The molecule has 0 aliphatic heterocycles. The van der Waals surface area contributed by atoms with Gasteiger partial charge < -0.3 is 10.3 Å². The fraction of sp³-hybridized carbons (Fsp3) is 0.500. The summed E-state index contributed by atoms with van der Waals surface area (Å²) in [7, 11) is 0. The van der Waals surface area contributed by atoms with E-state index >= 15 is 0 Å². The third-order valence-corrected chi connectivity index (χ3v) is 2.74. The lowest BCUT2D eigenvalue weighted by Crippen LogP contribution is -2.26. The minimum Gasteiger partial charge on any atom is -0.347 e. The quantitative estimate of drug-likeness (QED) is 0.798. The minimum absolute atomic E-state index is 0.0902. The highest BCUT2D eigenvalue weighted by molar-refractivity contribution is 5.16. The van der Waals surface area contributed by atoms with Crippen LogP contribution in [0.5, 0.6) is 0 Å². The molecule has 17 heavy (non-hydrogen) atoms. The van der Waals surface area contributed by atoms with Crippen molar-refractivity contribution in [1.29, 1.82) is 0 Å². The van der Waals surface area contributed by atoms with Gasteiger partial charge in [0.2, 0.25) is 0 Å². The average molecular weight is 233 g/mol. The van der Waals surface area contributed by atoms with Crippen LogP contribution in [0.2, 0.25) is 0 Å². The van der Waals surface area contributed by atoms with Gasteiger partial charge >= 0.3 is 0 Å². The minimum atomic E-state index is 0.0902. The Morgan fingerprint density at radius 1 is 1.41 bits per heavy atom. The van der Waals surface area contributed by atoms with E-state index in [0.29, 0.717) is 0 Å². The highest BCUT2D eigenvalue weighted by Crippen LogP contribution is 2.18. The van der Waals surface area contributed by atoms with E-state index in [0.717, 1.165) is 31.0 Å². The summed E-state index contributed by atoms with van der Waals surface area (Å²) in [5.74, 6) is 0.939. The summed E-state index contributed by atoms with van der Waals surface area (Å²) in [6, 6.07) is 2.13. The Kier molecular flexibility index (Phi) is 3.93. The van der Waals surface area contributed by atoms with Crippen LogP contribution < -0.4 is 5.32 Å². The van der Waals surface area contributed by atoms with E-state index in [9.17, 15) is 0 Å². The fourth-order valence-electron chi connectivity index (χ4n) is 1.92. The van der Waals surface area contributed by atoms with Gasteiger partial charge in [-0.05, 0) is 26.0 Å². The molecular weight excluding hydrogens is 214 g/mol. The molecule has 0 spiro atoms. The molecule has 0 saturated heterocycles. The van der Waals surface area contributed by atoms with Gasteiger partial charge in [0.1, 0.15) is 11.9 Å². The van der Waals surface area contributed by atoms with E-state index in [-0.39, 0.29) is 6.04 Å². The van der Waals surface area contributed by atoms with Gasteiger partial charge in [0, 0.05) is 25.1 Å². The lowest BCUT2D eigenvalue weighted by atomic mass is 10.2. The van der Waals surface area contributed by atoms with Gasteiger partial charge in [-0.3, -0.25) is 4.68 Å². The third-order valence-electron chi connectivity index (χ3n) is 2.74. The largest absolute Gasteiger partial charge is 0.347 e. The van der Waals surface area contributed by atoms with Gasteiger partial charge in [-0.25, -0.2) is 4.98 Å². The summed E-state index contributed by atoms with van der Waals surface area (Å²) < 4.78 is 2.00. The number of hydrogen-bond donors (Lipinski definition) is 2. The number of rotatable bonds is 6. The standard InChI is InChI=1S/C12H19N5/c1-3-6-13-11(12-14-8-9-15-12)10-5-7-16-17(10)4-2/h5,7-9,11,13H,3-4,6H2,1-2H3,(H,14,15). The molecule has 0 bridgehead atoms. The molecule has 1 unspecified atom stereocenters. The second-order valence-electron chi connectivity index (χ2n) is 3.93. The summed E-state index contributed by atoms with van der Waals surface area (Å²) in [6.45, 7) is 6.08. The van der Waals surface area contributed by atoms with Crippen LogP contribution in [0, 0.1) is 0 Å². The highest BCUT2D eigenvalue weighted by Gasteiger charge is 2.19. The van der Waals surface area contributed by atoms with E-state index < -0.39 is 0 Å². The summed E-state index contributed by atoms with van der Waals surface area (Å²) in [6.07, 6.45) is 6.56. The molecule has 0 aliphatic carbocycles. The van der Waals surface area contributed by atoms with Crippen LogP contribution in [0.4, 0.5) is 0 Å². The summed E-state index contributed by atoms with van der Waals surface area (Å²) >= 11 is 0. The molecule has 2 aromatic rings. The van der Waals surface area contributed by atoms with Crippen molar-refractivity contribution in [2.45, 2.75) is 32.9 Å². The number of imidazole rings is 1. The molecule has 92 valence electrons. The predicted molar refractivity (Wildman–Crippen MR) is 66.6 cm³/mol. The normalized spacial score (nSPS) is 12.8. The van der Waals surface area contributed by atoms with E-state index in [4.69, 9.17) is 0 Å². The monoisotopic (exact) mass is 233 g/mol. The molecule has 2 N–H and O–H groups in total. The molecule has 5 nitrogen and oxygen atoms in total. The van der Waals surface area contributed by atoms with Crippen molar-refractivity contribution in [3.63, 3.8) is 0 Å². The van der Waals surface area contributed by atoms with E-state index in [2.05, 4.69) is 34.2 Å². The maximum Gasteiger partial charge on any atom is 0.129 e.